The third-order valence-corrected chi connectivity index (χ3v) is 6.74. The Kier molecular flexibility index (Phi) is 4.78. The summed E-state index contributed by atoms with van der Waals surface area (Å²) >= 11 is 0. The molecule has 2 aromatic carbocycles. The molecule has 1 aliphatic carbocycles. The van der Waals surface area contributed by atoms with Gasteiger partial charge in [-0.05, 0) is 67.3 Å². The number of sulfonamides is 1. The summed E-state index contributed by atoms with van der Waals surface area (Å²) < 4.78 is 40.6. The van der Waals surface area contributed by atoms with Gasteiger partial charge in [0.25, 0.3) is 10.0 Å². The predicted octanol–water partition coefficient (Wildman–Crippen LogP) is 5.13. The monoisotopic (exact) mass is 434 g/mol. The Hall–Kier alpha value is -3.52. The van der Waals surface area contributed by atoms with Gasteiger partial charge in [-0.2, -0.15) is 0 Å². The molecule has 0 fully saturated rings. The van der Waals surface area contributed by atoms with E-state index in [0.29, 0.717) is 5.69 Å². The third kappa shape index (κ3) is 3.82. The summed E-state index contributed by atoms with van der Waals surface area (Å²) in [7, 11) is -3.80. The molecule has 0 aliphatic heterocycles. The SMILES string of the molecule is O=S(=O)(Nc1ccc(-c2ncnc3[nH]c(C4=CCCC4)cc23)cc1)c1ccc(F)cc1. The summed E-state index contributed by atoms with van der Waals surface area (Å²) in [6.45, 7) is 0. The van der Waals surface area contributed by atoms with E-state index < -0.39 is 15.8 Å². The van der Waals surface area contributed by atoms with Crippen LogP contribution in [0.5, 0.6) is 0 Å². The van der Waals surface area contributed by atoms with Crippen molar-refractivity contribution in [3.05, 3.63) is 78.5 Å². The number of hydrogen-bond acceptors (Lipinski definition) is 4. The molecule has 5 rings (SSSR count). The summed E-state index contributed by atoms with van der Waals surface area (Å²) in [6, 6.07) is 13.7. The number of aromatic nitrogens is 3. The van der Waals surface area contributed by atoms with E-state index in [4.69, 9.17) is 0 Å². The molecule has 8 heteroatoms. The van der Waals surface area contributed by atoms with E-state index in [9.17, 15) is 12.8 Å². The molecule has 0 spiro atoms. The van der Waals surface area contributed by atoms with Gasteiger partial charge in [0.15, 0.2) is 0 Å². The van der Waals surface area contributed by atoms with Crippen molar-refractivity contribution in [2.24, 2.45) is 0 Å². The quantitative estimate of drug-likeness (QED) is 0.456. The summed E-state index contributed by atoms with van der Waals surface area (Å²) in [5.41, 5.74) is 5.17. The topological polar surface area (TPSA) is 87.7 Å². The average molecular weight is 434 g/mol. The van der Waals surface area contributed by atoms with Crippen LogP contribution in [-0.4, -0.2) is 23.4 Å². The van der Waals surface area contributed by atoms with Gasteiger partial charge in [0.1, 0.15) is 17.8 Å². The van der Waals surface area contributed by atoms with Gasteiger partial charge in [-0.15, -0.1) is 0 Å². The third-order valence-electron chi connectivity index (χ3n) is 5.35. The van der Waals surface area contributed by atoms with E-state index in [-0.39, 0.29) is 4.90 Å². The number of aromatic amines is 1. The van der Waals surface area contributed by atoms with Gasteiger partial charge < -0.3 is 4.98 Å². The minimum atomic E-state index is -3.80. The van der Waals surface area contributed by atoms with Crippen molar-refractivity contribution in [3.63, 3.8) is 0 Å². The zero-order chi connectivity index (χ0) is 21.4. The van der Waals surface area contributed by atoms with E-state index >= 15 is 0 Å². The van der Waals surface area contributed by atoms with Crippen LogP contribution in [0.15, 0.2) is 71.9 Å². The van der Waals surface area contributed by atoms with Crippen LogP contribution in [0, 0.1) is 5.82 Å². The van der Waals surface area contributed by atoms with Crippen molar-refractivity contribution < 1.29 is 12.8 Å². The molecule has 6 nitrogen and oxygen atoms in total. The highest BCUT2D eigenvalue weighted by atomic mass is 32.2. The summed E-state index contributed by atoms with van der Waals surface area (Å²) in [5.74, 6) is -0.489. The largest absolute Gasteiger partial charge is 0.339 e. The Morgan fingerprint density at radius 2 is 1.77 bits per heavy atom. The zero-order valence-corrected chi connectivity index (χ0v) is 17.3. The van der Waals surface area contributed by atoms with Gasteiger partial charge in [-0.3, -0.25) is 4.72 Å². The van der Waals surface area contributed by atoms with Crippen molar-refractivity contribution in [1.29, 1.82) is 0 Å². The fourth-order valence-corrected chi connectivity index (χ4v) is 4.84. The van der Waals surface area contributed by atoms with Crippen LogP contribution in [-0.2, 0) is 10.0 Å². The van der Waals surface area contributed by atoms with Crippen LogP contribution in [0.2, 0.25) is 0 Å². The number of nitrogens with zero attached hydrogens (tertiary/aromatic N) is 2. The lowest BCUT2D eigenvalue weighted by Crippen LogP contribution is -2.12. The number of anilines is 1. The first-order valence-corrected chi connectivity index (χ1v) is 11.4. The van der Waals surface area contributed by atoms with Crippen molar-refractivity contribution in [3.8, 4) is 11.3 Å². The van der Waals surface area contributed by atoms with Crippen LogP contribution in [0.25, 0.3) is 27.9 Å². The molecule has 0 bridgehead atoms. The van der Waals surface area contributed by atoms with Crippen LogP contribution in [0.3, 0.4) is 0 Å². The minimum Gasteiger partial charge on any atom is -0.339 e. The van der Waals surface area contributed by atoms with Crippen molar-refractivity contribution in [2.45, 2.75) is 24.2 Å². The Morgan fingerprint density at radius 3 is 2.48 bits per heavy atom. The molecule has 0 radical (unpaired) electrons. The predicted molar refractivity (Wildman–Crippen MR) is 118 cm³/mol. The van der Waals surface area contributed by atoms with E-state index in [0.717, 1.165) is 53.0 Å². The summed E-state index contributed by atoms with van der Waals surface area (Å²) in [4.78, 5) is 12.2. The van der Waals surface area contributed by atoms with E-state index in [2.05, 4.69) is 31.8 Å². The molecule has 0 saturated heterocycles. The average Bonchev–Trinajstić information content (AvgIpc) is 3.44. The van der Waals surface area contributed by atoms with Crippen LogP contribution < -0.4 is 4.72 Å². The highest BCUT2D eigenvalue weighted by Gasteiger charge is 2.16. The van der Waals surface area contributed by atoms with Gasteiger partial charge in [0, 0.05) is 22.3 Å². The maximum atomic E-state index is 13.1. The second-order valence-corrected chi connectivity index (χ2v) is 9.11. The first-order chi connectivity index (χ1) is 15.0. The lowest BCUT2D eigenvalue weighted by Gasteiger charge is -2.09. The molecule has 4 aromatic rings. The van der Waals surface area contributed by atoms with Gasteiger partial charge in [-0.1, -0.05) is 18.2 Å². The maximum absolute atomic E-state index is 13.1. The standard InChI is InChI=1S/C23H19FN4O2S/c24-17-7-11-19(12-8-17)31(29,30)28-18-9-5-16(6-10-18)22-20-13-21(15-3-1-2-4-15)27-23(20)26-14-25-22/h3,5-14,28H,1-2,4H2,(H,25,26,27). The van der Waals surface area contributed by atoms with E-state index in [1.807, 2.05) is 12.1 Å². The highest BCUT2D eigenvalue weighted by molar-refractivity contribution is 7.92. The van der Waals surface area contributed by atoms with E-state index in [1.54, 1.807) is 12.1 Å². The lowest BCUT2D eigenvalue weighted by molar-refractivity contribution is 0.599. The molecule has 2 aromatic heterocycles. The van der Waals surface area contributed by atoms with Crippen LogP contribution >= 0.6 is 0 Å². The minimum absolute atomic E-state index is 0.00319. The molecule has 2 N–H and O–H groups in total. The first-order valence-electron chi connectivity index (χ1n) is 9.91. The molecule has 1 aliphatic rings. The number of benzene rings is 2. The van der Waals surface area contributed by atoms with Gasteiger partial charge in [0.2, 0.25) is 0 Å². The number of nitrogens with one attached hydrogen (secondary N) is 2. The number of halogens is 1. The second-order valence-electron chi connectivity index (χ2n) is 7.43. The van der Waals surface area contributed by atoms with Gasteiger partial charge >= 0.3 is 0 Å². The number of allylic oxidation sites excluding steroid dienone is 2. The van der Waals surface area contributed by atoms with Crippen LogP contribution in [0.1, 0.15) is 25.0 Å². The molecule has 0 atom stereocenters. The van der Waals surface area contributed by atoms with Crippen molar-refractivity contribution >= 4 is 32.3 Å². The summed E-state index contributed by atoms with van der Waals surface area (Å²) in [6.07, 6.45) is 7.08. The Labute approximate surface area is 178 Å². The highest BCUT2D eigenvalue weighted by Crippen LogP contribution is 2.32. The fraction of sp³-hybridized carbons (Fsp3) is 0.130. The second kappa shape index (κ2) is 7.63. The summed E-state index contributed by atoms with van der Waals surface area (Å²) in [5, 5.41) is 0.921. The zero-order valence-electron chi connectivity index (χ0n) is 16.5. The number of hydrogen-bond donors (Lipinski definition) is 2. The van der Waals surface area contributed by atoms with Crippen molar-refractivity contribution in [1.82, 2.24) is 15.0 Å². The van der Waals surface area contributed by atoms with Gasteiger partial charge in [0.05, 0.1) is 10.6 Å². The molecule has 0 amide bonds. The molecule has 2 heterocycles. The van der Waals surface area contributed by atoms with Crippen molar-refractivity contribution in [2.75, 3.05) is 4.72 Å². The first kappa shape index (κ1) is 19.4. The number of rotatable bonds is 5. The molecular weight excluding hydrogens is 415 g/mol. The normalized spacial score (nSPS) is 14.0. The maximum Gasteiger partial charge on any atom is 0.261 e. The van der Waals surface area contributed by atoms with Crippen LogP contribution in [0.4, 0.5) is 10.1 Å². The Bertz CT molecular complexity index is 1390. The fourth-order valence-electron chi connectivity index (χ4n) is 3.78. The molecule has 31 heavy (non-hydrogen) atoms. The molecule has 0 saturated carbocycles. The molecular formula is C23H19FN4O2S. The number of H-pyrrole nitrogens is 1. The molecule has 156 valence electrons. The number of fused-ring (bicyclic) bond motifs is 1. The van der Waals surface area contributed by atoms with E-state index in [1.165, 1.54) is 30.5 Å². The smallest absolute Gasteiger partial charge is 0.261 e. The molecule has 0 unspecified atom stereocenters. The lowest BCUT2D eigenvalue weighted by atomic mass is 10.1. The Morgan fingerprint density at radius 1 is 1.00 bits per heavy atom. The Balaban J connectivity index is 1.43. The van der Waals surface area contributed by atoms with Gasteiger partial charge in [-0.25, -0.2) is 22.8 Å².